The summed E-state index contributed by atoms with van der Waals surface area (Å²) in [6, 6.07) is 0.153. The van der Waals surface area contributed by atoms with E-state index in [0.717, 1.165) is 0 Å². The van der Waals surface area contributed by atoms with Crippen molar-refractivity contribution in [2.24, 2.45) is 0 Å². The van der Waals surface area contributed by atoms with Crippen LogP contribution in [0.2, 0.25) is 0 Å². The molecule has 0 spiro atoms. The van der Waals surface area contributed by atoms with Crippen molar-refractivity contribution in [1.82, 2.24) is 4.90 Å². The third kappa shape index (κ3) is 2.72. The number of amidine groups is 1. The Bertz CT molecular complexity index is 470. The second-order valence-electron chi connectivity index (χ2n) is 3.97. The van der Waals surface area contributed by atoms with Gasteiger partial charge in [-0.1, -0.05) is 0 Å². The van der Waals surface area contributed by atoms with Gasteiger partial charge >= 0.3 is 6.02 Å². The molecule has 0 aromatic heterocycles. The predicted molar refractivity (Wildman–Crippen MR) is 57.7 cm³/mol. The third-order valence-electron chi connectivity index (χ3n) is 2.03. The molecular formula is C11H13F4N2O+. The second kappa shape index (κ2) is 5.24. The highest BCUT2D eigenvalue weighted by Gasteiger charge is 2.25. The Labute approximate surface area is 102 Å². The van der Waals surface area contributed by atoms with Gasteiger partial charge in [-0.15, -0.1) is 0 Å². The van der Waals surface area contributed by atoms with Crippen LogP contribution in [-0.4, -0.2) is 43.7 Å². The Morgan fingerprint density at radius 3 is 1.83 bits per heavy atom. The van der Waals surface area contributed by atoms with E-state index in [1.165, 1.54) is 9.48 Å². The quantitative estimate of drug-likeness (QED) is 0.253. The largest absolute Gasteiger partial charge is 0.451 e. The van der Waals surface area contributed by atoms with Gasteiger partial charge in [0.25, 0.3) is 0 Å². The molecule has 0 atom stereocenters. The first-order chi connectivity index (χ1) is 8.25. The number of nitrogens with zero attached hydrogens (tertiary/aromatic N) is 2. The lowest BCUT2D eigenvalue weighted by Gasteiger charge is -2.13. The fourth-order valence-electron chi connectivity index (χ4n) is 1.31. The van der Waals surface area contributed by atoms with Gasteiger partial charge in [-0.25, -0.2) is 18.3 Å². The Morgan fingerprint density at radius 1 is 1.06 bits per heavy atom. The zero-order valence-corrected chi connectivity index (χ0v) is 10.4. The van der Waals surface area contributed by atoms with E-state index in [-0.39, 0.29) is 12.1 Å². The number of benzene rings is 1. The van der Waals surface area contributed by atoms with Crippen molar-refractivity contribution in [3.8, 4) is 5.75 Å². The van der Waals surface area contributed by atoms with Crippen LogP contribution < -0.4 is 4.74 Å². The Balaban J connectivity index is 3.31. The second-order valence-corrected chi connectivity index (χ2v) is 3.97. The lowest BCUT2D eigenvalue weighted by Crippen LogP contribution is -2.35. The molecule has 1 aromatic carbocycles. The maximum atomic E-state index is 13.4. The molecule has 0 saturated carbocycles. The summed E-state index contributed by atoms with van der Waals surface area (Å²) < 4.78 is 59.0. The molecule has 0 saturated heterocycles. The van der Waals surface area contributed by atoms with E-state index in [1.807, 2.05) is 0 Å². The van der Waals surface area contributed by atoms with E-state index in [0.29, 0.717) is 0 Å². The average molecular weight is 265 g/mol. The van der Waals surface area contributed by atoms with Gasteiger partial charge in [-0.2, -0.15) is 8.78 Å². The Hall–Kier alpha value is -1.79. The van der Waals surface area contributed by atoms with Crippen molar-refractivity contribution in [2.45, 2.75) is 0 Å². The van der Waals surface area contributed by atoms with E-state index in [4.69, 9.17) is 4.74 Å². The zero-order chi connectivity index (χ0) is 14.0. The lowest BCUT2D eigenvalue weighted by molar-refractivity contribution is -0.478. The fraction of sp³-hybridized carbons (Fsp3) is 0.364. The molecule has 18 heavy (non-hydrogen) atoms. The highest BCUT2D eigenvalue weighted by atomic mass is 19.2. The van der Waals surface area contributed by atoms with Gasteiger partial charge in [0, 0.05) is 6.07 Å². The van der Waals surface area contributed by atoms with Crippen molar-refractivity contribution in [3.63, 3.8) is 0 Å². The SMILES string of the molecule is CN(C)C(Oc1c(F)c(F)cc(F)c1F)=[N+](C)C. The highest BCUT2D eigenvalue weighted by Crippen LogP contribution is 2.26. The summed E-state index contributed by atoms with van der Waals surface area (Å²) >= 11 is 0. The summed E-state index contributed by atoms with van der Waals surface area (Å²) in [6.07, 6.45) is 0. The first kappa shape index (κ1) is 14.3. The minimum Gasteiger partial charge on any atom is -0.386 e. The number of ether oxygens (including phenoxy) is 1. The molecule has 0 N–H and O–H groups in total. The summed E-state index contributed by atoms with van der Waals surface area (Å²) in [5.74, 6) is -7.28. The van der Waals surface area contributed by atoms with Gasteiger partial charge in [0.1, 0.15) is 0 Å². The summed E-state index contributed by atoms with van der Waals surface area (Å²) in [6.45, 7) is 0. The molecule has 0 aliphatic carbocycles. The number of hydrogen-bond donors (Lipinski definition) is 0. The molecule has 0 bridgehead atoms. The van der Waals surface area contributed by atoms with Gasteiger partial charge in [0.15, 0.2) is 11.6 Å². The minimum absolute atomic E-state index is 0.0257. The molecule has 1 rings (SSSR count). The fourth-order valence-corrected chi connectivity index (χ4v) is 1.31. The smallest absolute Gasteiger partial charge is 0.386 e. The molecule has 3 nitrogen and oxygen atoms in total. The average Bonchev–Trinajstić information content (AvgIpc) is 2.25. The van der Waals surface area contributed by atoms with Gasteiger partial charge in [-0.05, 0) is 0 Å². The summed E-state index contributed by atoms with van der Waals surface area (Å²) in [4.78, 5) is 1.40. The normalized spacial score (nSPS) is 10.2. The Morgan fingerprint density at radius 2 is 1.50 bits per heavy atom. The molecule has 0 aliphatic heterocycles. The van der Waals surface area contributed by atoms with Crippen LogP contribution in [0.15, 0.2) is 6.07 Å². The summed E-state index contributed by atoms with van der Waals surface area (Å²) in [5.41, 5.74) is 0. The molecule has 0 fully saturated rings. The van der Waals surface area contributed by atoms with Crippen LogP contribution in [0.3, 0.4) is 0 Å². The highest BCUT2D eigenvalue weighted by molar-refractivity contribution is 5.71. The molecule has 1 aromatic rings. The predicted octanol–water partition coefficient (Wildman–Crippen LogP) is 1.81. The maximum Gasteiger partial charge on any atom is 0.451 e. The van der Waals surface area contributed by atoms with Gasteiger partial charge in [0.2, 0.25) is 17.4 Å². The standard InChI is InChI=1S/C11H13F4N2O/c1-16(2)11(17(3)4)18-10-8(14)6(12)5-7(13)9(10)15/h5H,1-4H3/q+1. The first-order valence-corrected chi connectivity index (χ1v) is 4.98. The molecule has 7 heteroatoms. The summed E-state index contributed by atoms with van der Waals surface area (Å²) in [5, 5.41) is 0. The molecule has 0 aliphatic rings. The van der Waals surface area contributed by atoms with E-state index in [2.05, 4.69) is 0 Å². The number of rotatable bonds is 1. The molecular weight excluding hydrogens is 252 g/mol. The van der Waals surface area contributed by atoms with Crippen molar-refractivity contribution in [1.29, 1.82) is 0 Å². The van der Waals surface area contributed by atoms with Crippen LogP contribution in [0.4, 0.5) is 17.6 Å². The molecule has 100 valence electrons. The van der Waals surface area contributed by atoms with E-state index < -0.39 is 29.0 Å². The van der Waals surface area contributed by atoms with Crippen LogP contribution >= 0.6 is 0 Å². The van der Waals surface area contributed by atoms with E-state index >= 15 is 0 Å². The van der Waals surface area contributed by atoms with Crippen LogP contribution in [0, 0.1) is 23.3 Å². The van der Waals surface area contributed by atoms with Crippen molar-refractivity contribution in [3.05, 3.63) is 29.3 Å². The van der Waals surface area contributed by atoms with Crippen LogP contribution in [-0.2, 0) is 0 Å². The lowest BCUT2D eigenvalue weighted by atomic mass is 10.3. The minimum atomic E-state index is -1.57. The monoisotopic (exact) mass is 265 g/mol. The van der Waals surface area contributed by atoms with Crippen LogP contribution in [0.5, 0.6) is 5.75 Å². The van der Waals surface area contributed by atoms with E-state index in [1.54, 1.807) is 28.2 Å². The van der Waals surface area contributed by atoms with Crippen LogP contribution in [0.1, 0.15) is 0 Å². The van der Waals surface area contributed by atoms with Gasteiger partial charge < -0.3 is 4.74 Å². The molecule has 0 unspecified atom stereocenters. The first-order valence-electron chi connectivity index (χ1n) is 4.98. The van der Waals surface area contributed by atoms with E-state index in [9.17, 15) is 17.6 Å². The molecule has 0 heterocycles. The van der Waals surface area contributed by atoms with Crippen molar-refractivity contribution in [2.75, 3.05) is 28.2 Å². The van der Waals surface area contributed by atoms with Crippen molar-refractivity contribution >= 4 is 6.02 Å². The molecule has 0 amide bonds. The third-order valence-corrected chi connectivity index (χ3v) is 2.03. The number of halogens is 4. The van der Waals surface area contributed by atoms with Crippen LogP contribution in [0.25, 0.3) is 0 Å². The maximum absolute atomic E-state index is 13.4. The Kier molecular flexibility index (Phi) is 4.15. The topological polar surface area (TPSA) is 15.5 Å². The van der Waals surface area contributed by atoms with Gasteiger partial charge in [0.05, 0.1) is 28.2 Å². The van der Waals surface area contributed by atoms with Crippen molar-refractivity contribution < 1.29 is 26.9 Å². The molecule has 0 radical (unpaired) electrons. The van der Waals surface area contributed by atoms with Gasteiger partial charge in [-0.3, -0.25) is 0 Å². The number of hydrogen-bond acceptors (Lipinski definition) is 1. The summed E-state index contributed by atoms with van der Waals surface area (Å²) in [7, 11) is 6.23. The zero-order valence-electron chi connectivity index (χ0n) is 10.4.